The number of imidazole rings is 1. The highest BCUT2D eigenvalue weighted by Gasteiger charge is 2.17. The second-order valence-electron chi connectivity index (χ2n) is 7.24. The Morgan fingerprint density at radius 3 is 2.41 bits per heavy atom. The van der Waals surface area contributed by atoms with Gasteiger partial charge in [0.05, 0.1) is 17.1 Å². The average Bonchev–Trinajstić information content (AvgIpc) is 3.16. The Balaban J connectivity index is 1.55. The highest BCUT2D eigenvalue weighted by Crippen LogP contribution is 2.29. The van der Waals surface area contributed by atoms with Gasteiger partial charge in [0.25, 0.3) is 0 Å². The third kappa shape index (κ3) is 3.25. The molecule has 3 heteroatoms. The topological polar surface area (TPSA) is 27.1 Å². The SMILES string of the molecule is CC(c1ccccc1)n1c(COc2cccc3ccccc23)nc2ccccc21. The van der Waals surface area contributed by atoms with Crippen molar-refractivity contribution >= 4 is 21.8 Å². The van der Waals surface area contributed by atoms with Crippen molar-refractivity contribution in [3.8, 4) is 5.75 Å². The van der Waals surface area contributed by atoms with E-state index in [4.69, 9.17) is 9.72 Å². The molecule has 0 aliphatic carbocycles. The molecule has 1 heterocycles. The van der Waals surface area contributed by atoms with E-state index in [9.17, 15) is 0 Å². The van der Waals surface area contributed by atoms with E-state index in [1.807, 2.05) is 36.4 Å². The van der Waals surface area contributed by atoms with Gasteiger partial charge in [-0.15, -0.1) is 0 Å². The number of rotatable bonds is 5. The predicted octanol–water partition coefficient (Wildman–Crippen LogP) is 6.38. The molecule has 0 bridgehead atoms. The van der Waals surface area contributed by atoms with Crippen molar-refractivity contribution in [2.45, 2.75) is 19.6 Å². The number of hydrogen-bond donors (Lipinski definition) is 0. The third-order valence-corrected chi connectivity index (χ3v) is 5.44. The maximum absolute atomic E-state index is 6.28. The van der Waals surface area contributed by atoms with Gasteiger partial charge in [-0.1, -0.05) is 78.9 Å². The maximum Gasteiger partial charge on any atom is 0.148 e. The van der Waals surface area contributed by atoms with Gasteiger partial charge in [0.15, 0.2) is 0 Å². The summed E-state index contributed by atoms with van der Waals surface area (Å²) in [6, 6.07) is 33.4. The van der Waals surface area contributed by atoms with Crippen molar-refractivity contribution in [3.05, 3.63) is 108 Å². The summed E-state index contributed by atoms with van der Waals surface area (Å²) in [6.07, 6.45) is 0. The van der Waals surface area contributed by atoms with E-state index in [1.165, 1.54) is 10.9 Å². The van der Waals surface area contributed by atoms with Crippen LogP contribution in [0.2, 0.25) is 0 Å². The van der Waals surface area contributed by atoms with Crippen molar-refractivity contribution in [1.29, 1.82) is 0 Å². The van der Waals surface area contributed by atoms with Crippen LogP contribution in [0.5, 0.6) is 5.75 Å². The summed E-state index contributed by atoms with van der Waals surface area (Å²) in [4.78, 5) is 4.89. The quantitative estimate of drug-likeness (QED) is 0.355. The molecule has 0 amide bonds. The summed E-state index contributed by atoms with van der Waals surface area (Å²) in [6.45, 7) is 2.63. The van der Waals surface area contributed by atoms with E-state index in [1.54, 1.807) is 0 Å². The van der Waals surface area contributed by atoms with Crippen LogP contribution < -0.4 is 4.74 Å². The molecule has 1 aromatic heterocycles. The van der Waals surface area contributed by atoms with Gasteiger partial charge in [0, 0.05) is 5.39 Å². The van der Waals surface area contributed by atoms with Crippen molar-refractivity contribution < 1.29 is 4.74 Å². The molecule has 4 aromatic carbocycles. The molecule has 1 atom stereocenters. The summed E-state index contributed by atoms with van der Waals surface area (Å²) >= 11 is 0. The number of para-hydroxylation sites is 2. The number of benzene rings is 4. The lowest BCUT2D eigenvalue weighted by Crippen LogP contribution is -2.12. The first-order chi connectivity index (χ1) is 14.3. The summed E-state index contributed by atoms with van der Waals surface area (Å²) in [5.41, 5.74) is 3.37. The van der Waals surface area contributed by atoms with Gasteiger partial charge in [-0.2, -0.15) is 0 Å². The van der Waals surface area contributed by atoms with E-state index in [2.05, 4.69) is 72.2 Å². The summed E-state index contributed by atoms with van der Waals surface area (Å²) in [5.74, 6) is 1.81. The molecule has 0 saturated heterocycles. The Morgan fingerprint density at radius 1 is 0.793 bits per heavy atom. The van der Waals surface area contributed by atoms with E-state index >= 15 is 0 Å². The minimum atomic E-state index is 0.162. The van der Waals surface area contributed by atoms with Gasteiger partial charge in [0.2, 0.25) is 0 Å². The number of hydrogen-bond acceptors (Lipinski definition) is 2. The predicted molar refractivity (Wildman–Crippen MR) is 118 cm³/mol. The van der Waals surface area contributed by atoms with Crippen molar-refractivity contribution in [2.24, 2.45) is 0 Å². The van der Waals surface area contributed by atoms with Crippen LogP contribution in [0.1, 0.15) is 24.4 Å². The molecule has 0 radical (unpaired) electrons. The fourth-order valence-electron chi connectivity index (χ4n) is 3.97. The first-order valence-electron chi connectivity index (χ1n) is 9.92. The van der Waals surface area contributed by atoms with Crippen LogP contribution in [-0.4, -0.2) is 9.55 Å². The lowest BCUT2D eigenvalue weighted by Gasteiger charge is -2.19. The molecule has 5 aromatic rings. The maximum atomic E-state index is 6.28. The largest absolute Gasteiger partial charge is 0.485 e. The lowest BCUT2D eigenvalue weighted by molar-refractivity contribution is 0.292. The van der Waals surface area contributed by atoms with Gasteiger partial charge < -0.3 is 9.30 Å². The average molecular weight is 378 g/mol. The standard InChI is InChI=1S/C26H22N2O/c1-19(20-10-3-2-4-11-20)28-24-16-8-7-15-23(24)27-26(28)18-29-25-17-9-13-21-12-5-6-14-22(21)25/h2-17,19H,18H2,1H3. The Bertz CT molecular complexity index is 1270. The molecule has 3 nitrogen and oxygen atoms in total. The minimum Gasteiger partial charge on any atom is -0.485 e. The van der Waals surface area contributed by atoms with Crippen LogP contribution in [0.25, 0.3) is 21.8 Å². The fraction of sp³-hybridized carbons (Fsp3) is 0.115. The minimum absolute atomic E-state index is 0.162. The van der Waals surface area contributed by atoms with Crippen LogP contribution in [0.4, 0.5) is 0 Å². The fourth-order valence-corrected chi connectivity index (χ4v) is 3.97. The second kappa shape index (κ2) is 7.44. The monoisotopic (exact) mass is 378 g/mol. The number of ether oxygens (including phenoxy) is 1. The van der Waals surface area contributed by atoms with Gasteiger partial charge >= 0.3 is 0 Å². The summed E-state index contributed by atoms with van der Waals surface area (Å²) < 4.78 is 8.57. The van der Waals surface area contributed by atoms with E-state index < -0.39 is 0 Å². The van der Waals surface area contributed by atoms with Gasteiger partial charge in [-0.3, -0.25) is 0 Å². The third-order valence-electron chi connectivity index (χ3n) is 5.44. The highest BCUT2D eigenvalue weighted by atomic mass is 16.5. The Hall–Kier alpha value is -3.59. The van der Waals surface area contributed by atoms with Crippen molar-refractivity contribution in [3.63, 3.8) is 0 Å². The summed E-state index contributed by atoms with van der Waals surface area (Å²) in [7, 11) is 0. The lowest BCUT2D eigenvalue weighted by atomic mass is 10.1. The molecule has 0 saturated carbocycles. The molecular weight excluding hydrogens is 356 g/mol. The molecule has 0 aliphatic heterocycles. The Kier molecular flexibility index (Phi) is 4.49. The molecular formula is C26H22N2O. The van der Waals surface area contributed by atoms with E-state index in [0.29, 0.717) is 6.61 Å². The zero-order valence-electron chi connectivity index (χ0n) is 16.3. The van der Waals surface area contributed by atoms with Gasteiger partial charge in [0.1, 0.15) is 18.2 Å². The van der Waals surface area contributed by atoms with Crippen LogP contribution in [0.15, 0.2) is 97.1 Å². The first-order valence-corrected chi connectivity index (χ1v) is 9.92. The van der Waals surface area contributed by atoms with Crippen molar-refractivity contribution in [1.82, 2.24) is 9.55 Å². The molecule has 142 valence electrons. The first kappa shape index (κ1) is 17.5. The zero-order valence-corrected chi connectivity index (χ0v) is 16.3. The molecule has 0 spiro atoms. The molecule has 5 rings (SSSR count). The molecule has 0 aliphatic rings. The molecule has 0 N–H and O–H groups in total. The highest BCUT2D eigenvalue weighted by molar-refractivity contribution is 5.88. The molecule has 1 unspecified atom stereocenters. The van der Waals surface area contributed by atoms with Gasteiger partial charge in [-0.25, -0.2) is 4.98 Å². The smallest absolute Gasteiger partial charge is 0.148 e. The van der Waals surface area contributed by atoms with Crippen LogP contribution in [0, 0.1) is 0 Å². The van der Waals surface area contributed by atoms with Crippen LogP contribution >= 0.6 is 0 Å². The summed E-state index contributed by atoms with van der Waals surface area (Å²) in [5, 5.41) is 2.30. The van der Waals surface area contributed by atoms with Crippen LogP contribution in [0.3, 0.4) is 0 Å². The van der Waals surface area contributed by atoms with Crippen molar-refractivity contribution in [2.75, 3.05) is 0 Å². The molecule has 29 heavy (non-hydrogen) atoms. The number of fused-ring (bicyclic) bond motifs is 2. The van der Waals surface area contributed by atoms with Gasteiger partial charge in [-0.05, 0) is 36.1 Å². The Morgan fingerprint density at radius 2 is 1.52 bits per heavy atom. The van der Waals surface area contributed by atoms with Crippen LogP contribution in [-0.2, 0) is 6.61 Å². The zero-order chi connectivity index (χ0) is 19.6. The van der Waals surface area contributed by atoms with E-state index in [0.717, 1.165) is 28.0 Å². The molecule has 0 fully saturated rings. The second-order valence-corrected chi connectivity index (χ2v) is 7.24. The van der Waals surface area contributed by atoms with E-state index in [-0.39, 0.29) is 6.04 Å². The number of nitrogens with zero attached hydrogens (tertiary/aromatic N) is 2. The normalized spacial score (nSPS) is 12.3. The number of aromatic nitrogens is 2. The Labute approximate surface area is 170 Å².